The highest BCUT2D eigenvalue weighted by atomic mass is 32.1. The van der Waals surface area contributed by atoms with E-state index in [4.69, 9.17) is 9.84 Å². The van der Waals surface area contributed by atoms with E-state index in [0.717, 1.165) is 4.88 Å². The molecule has 0 aliphatic rings. The normalized spacial score (nSPS) is 11.7. The predicted octanol–water partition coefficient (Wildman–Crippen LogP) is 0.977. The number of aliphatic hydroxyl groups excluding tert-OH is 1. The van der Waals surface area contributed by atoms with Gasteiger partial charge >= 0.3 is 17.8 Å². The SMILES string of the molecule is CC[C@@H](CO)NC(=O)C(=O)Nc1sc(C)c(C)c1C(=O)OC. The topological polar surface area (TPSA) is 105 Å². The van der Waals surface area contributed by atoms with Crippen LogP contribution in [0.1, 0.15) is 34.1 Å². The van der Waals surface area contributed by atoms with Crippen molar-refractivity contribution in [2.75, 3.05) is 19.0 Å². The first-order chi connectivity index (χ1) is 10.3. The van der Waals surface area contributed by atoms with Gasteiger partial charge in [-0.1, -0.05) is 6.92 Å². The fourth-order valence-electron chi connectivity index (χ4n) is 1.75. The Hall–Kier alpha value is -1.93. The van der Waals surface area contributed by atoms with Crippen LogP contribution in [-0.4, -0.2) is 42.6 Å². The Labute approximate surface area is 132 Å². The number of hydrogen-bond donors (Lipinski definition) is 3. The number of methoxy groups -OCH3 is 1. The molecule has 0 fully saturated rings. The second-order valence-electron chi connectivity index (χ2n) is 4.69. The van der Waals surface area contributed by atoms with Gasteiger partial charge in [0.2, 0.25) is 0 Å². The molecule has 1 heterocycles. The van der Waals surface area contributed by atoms with Crippen LogP contribution in [0, 0.1) is 13.8 Å². The fourth-order valence-corrected chi connectivity index (χ4v) is 2.79. The summed E-state index contributed by atoms with van der Waals surface area (Å²) in [5.41, 5.74) is 0.953. The zero-order valence-corrected chi connectivity index (χ0v) is 13.8. The summed E-state index contributed by atoms with van der Waals surface area (Å²) < 4.78 is 4.70. The standard InChI is InChI=1S/C14H20N2O5S/c1-5-9(6-17)15-11(18)12(19)16-13-10(14(20)21-4)7(2)8(3)22-13/h9,17H,5-6H2,1-4H3,(H,15,18)(H,16,19)/t9-/m0/s1. The Bertz CT molecular complexity index is 578. The quantitative estimate of drug-likeness (QED) is 0.552. The summed E-state index contributed by atoms with van der Waals surface area (Å²) in [5.74, 6) is -2.32. The molecule has 122 valence electrons. The maximum absolute atomic E-state index is 11.9. The molecule has 0 saturated heterocycles. The molecular formula is C14H20N2O5S. The van der Waals surface area contributed by atoms with Crippen LogP contribution >= 0.6 is 11.3 Å². The lowest BCUT2D eigenvalue weighted by atomic mass is 10.1. The van der Waals surface area contributed by atoms with Gasteiger partial charge in [-0.2, -0.15) is 0 Å². The highest BCUT2D eigenvalue weighted by molar-refractivity contribution is 7.17. The maximum Gasteiger partial charge on any atom is 0.341 e. The van der Waals surface area contributed by atoms with Gasteiger partial charge in [0, 0.05) is 4.88 Å². The largest absolute Gasteiger partial charge is 0.465 e. The average Bonchev–Trinajstić information content (AvgIpc) is 2.78. The van der Waals surface area contributed by atoms with Crippen molar-refractivity contribution in [3.05, 3.63) is 16.0 Å². The molecule has 0 aliphatic carbocycles. The molecule has 8 heteroatoms. The number of anilines is 1. The lowest BCUT2D eigenvalue weighted by molar-refractivity contribution is -0.136. The summed E-state index contributed by atoms with van der Waals surface area (Å²) in [6.45, 7) is 5.08. The molecule has 0 bridgehead atoms. The minimum absolute atomic E-state index is 0.250. The molecule has 22 heavy (non-hydrogen) atoms. The molecule has 1 aromatic rings. The van der Waals surface area contributed by atoms with E-state index >= 15 is 0 Å². The van der Waals surface area contributed by atoms with Crippen LogP contribution in [0.4, 0.5) is 5.00 Å². The van der Waals surface area contributed by atoms with Gasteiger partial charge in [-0.3, -0.25) is 9.59 Å². The van der Waals surface area contributed by atoms with Crippen LogP contribution in [0.25, 0.3) is 0 Å². The molecule has 0 saturated carbocycles. The first-order valence-electron chi connectivity index (χ1n) is 6.76. The van der Waals surface area contributed by atoms with Crippen molar-refractivity contribution in [2.45, 2.75) is 33.2 Å². The summed E-state index contributed by atoms with van der Waals surface area (Å²) in [5, 5.41) is 14.1. The highest BCUT2D eigenvalue weighted by Gasteiger charge is 2.24. The van der Waals surface area contributed by atoms with E-state index in [9.17, 15) is 14.4 Å². The summed E-state index contributed by atoms with van der Waals surface area (Å²) in [6, 6.07) is -0.481. The van der Waals surface area contributed by atoms with Crippen LogP contribution in [-0.2, 0) is 14.3 Å². The van der Waals surface area contributed by atoms with Crippen molar-refractivity contribution < 1.29 is 24.2 Å². The van der Waals surface area contributed by atoms with Crippen LogP contribution in [0.2, 0.25) is 0 Å². The zero-order valence-electron chi connectivity index (χ0n) is 13.0. The predicted molar refractivity (Wildman–Crippen MR) is 83.1 cm³/mol. The molecule has 1 atom stereocenters. The van der Waals surface area contributed by atoms with Crippen molar-refractivity contribution in [3.63, 3.8) is 0 Å². The van der Waals surface area contributed by atoms with E-state index in [1.165, 1.54) is 18.4 Å². The number of aryl methyl sites for hydroxylation is 1. The van der Waals surface area contributed by atoms with Gasteiger partial charge in [-0.15, -0.1) is 11.3 Å². The lowest BCUT2D eigenvalue weighted by Gasteiger charge is -2.13. The van der Waals surface area contributed by atoms with Crippen LogP contribution < -0.4 is 10.6 Å². The maximum atomic E-state index is 11.9. The van der Waals surface area contributed by atoms with E-state index < -0.39 is 23.8 Å². The van der Waals surface area contributed by atoms with E-state index in [1.807, 2.05) is 0 Å². The number of aliphatic hydroxyl groups is 1. The molecule has 0 radical (unpaired) electrons. The minimum Gasteiger partial charge on any atom is -0.465 e. The van der Waals surface area contributed by atoms with Crippen LogP contribution in [0.3, 0.4) is 0 Å². The molecular weight excluding hydrogens is 308 g/mol. The number of rotatable bonds is 5. The average molecular weight is 328 g/mol. The summed E-state index contributed by atoms with van der Waals surface area (Å²) in [6.07, 6.45) is 0.500. The Kier molecular flexibility index (Phi) is 6.51. The third kappa shape index (κ3) is 4.05. The smallest absolute Gasteiger partial charge is 0.341 e. The van der Waals surface area contributed by atoms with Crippen molar-refractivity contribution >= 4 is 34.1 Å². The molecule has 7 nitrogen and oxygen atoms in total. The number of esters is 1. The number of ether oxygens (including phenoxy) is 1. The minimum atomic E-state index is -0.890. The number of carbonyl (C=O) groups is 3. The number of thiophene rings is 1. The van der Waals surface area contributed by atoms with Crippen molar-refractivity contribution in [1.29, 1.82) is 0 Å². The Balaban J connectivity index is 2.91. The van der Waals surface area contributed by atoms with Crippen LogP contribution in [0.15, 0.2) is 0 Å². The third-order valence-corrected chi connectivity index (χ3v) is 4.38. The van der Waals surface area contributed by atoms with Gasteiger partial charge in [0.1, 0.15) is 5.00 Å². The van der Waals surface area contributed by atoms with E-state index in [0.29, 0.717) is 12.0 Å². The Morgan fingerprint density at radius 1 is 1.27 bits per heavy atom. The molecule has 0 aromatic carbocycles. The van der Waals surface area contributed by atoms with Gasteiger partial charge in [0.15, 0.2) is 0 Å². The van der Waals surface area contributed by atoms with Gasteiger partial charge < -0.3 is 20.5 Å². The van der Waals surface area contributed by atoms with E-state index in [-0.39, 0.29) is 17.2 Å². The summed E-state index contributed by atoms with van der Waals surface area (Å²) in [7, 11) is 1.25. The second-order valence-corrected chi connectivity index (χ2v) is 5.92. The van der Waals surface area contributed by atoms with Gasteiger partial charge in [0.25, 0.3) is 0 Å². The molecule has 0 unspecified atom stereocenters. The number of nitrogens with one attached hydrogen (secondary N) is 2. The number of hydrogen-bond acceptors (Lipinski definition) is 6. The molecule has 3 N–H and O–H groups in total. The molecule has 0 aliphatic heterocycles. The monoisotopic (exact) mass is 328 g/mol. The van der Waals surface area contributed by atoms with Gasteiger partial charge in [-0.05, 0) is 25.8 Å². The van der Waals surface area contributed by atoms with Crippen molar-refractivity contribution in [1.82, 2.24) is 5.32 Å². The molecule has 1 rings (SSSR count). The lowest BCUT2D eigenvalue weighted by Crippen LogP contribution is -2.43. The zero-order chi connectivity index (χ0) is 16.9. The third-order valence-electron chi connectivity index (χ3n) is 3.26. The molecule has 0 spiro atoms. The highest BCUT2D eigenvalue weighted by Crippen LogP contribution is 2.32. The van der Waals surface area contributed by atoms with Crippen LogP contribution in [0.5, 0.6) is 0 Å². The van der Waals surface area contributed by atoms with E-state index in [1.54, 1.807) is 20.8 Å². The first-order valence-corrected chi connectivity index (χ1v) is 7.58. The summed E-state index contributed by atoms with van der Waals surface area (Å²) in [4.78, 5) is 36.3. The number of carbonyl (C=O) groups excluding carboxylic acids is 3. The van der Waals surface area contributed by atoms with Gasteiger partial charge in [0.05, 0.1) is 25.3 Å². The number of amides is 2. The van der Waals surface area contributed by atoms with Crippen molar-refractivity contribution in [3.8, 4) is 0 Å². The second kappa shape index (κ2) is 7.90. The first kappa shape index (κ1) is 18.1. The molecule has 2 amide bonds. The Morgan fingerprint density at radius 3 is 2.41 bits per heavy atom. The summed E-state index contributed by atoms with van der Waals surface area (Å²) >= 11 is 1.20. The molecule has 1 aromatic heterocycles. The van der Waals surface area contributed by atoms with Crippen molar-refractivity contribution in [2.24, 2.45) is 0 Å². The van der Waals surface area contributed by atoms with E-state index in [2.05, 4.69) is 10.6 Å². The van der Waals surface area contributed by atoms with Gasteiger partial charge in [-0.25, -0.2) is 4.79 Å². The Morgan fingerprint density at radius 2 is 1.91 bits per heavy atom. The fraction of sp³-hybridized carbons (Fsp3) is 0.500.